The van der Waals surface area contributed by atoms with Crippen molar-refractivity contribution in [3.63, 3.8) is 0 Å². The highest BCUT2D eigenvalue weighted by atomic mass is 16.6. The first-order valence-electron chi connectivity index (χ1n) is 9.22. The number of hydrogen-bond donors (Lipinski definition) is 2. The molecule has 0 aliphatic carbocycles. The molecule has 0 spiro atoms. The first kappa shape index (κ1) is 21.9. The van der Waals surface area contributed by atoms with E-state index in [1.54, 1.807) is 11.1 Å². The molecule has 1 aliphatic heterocycles. The third-order valence-electron chi connectivity index (χ3n) is 3.91. The van der Waals surface area contributed by atoms with Crippen LogP contribution in [-0.4, -0.2) is 52.4 Å². The van der Waals surface area contributed by atoms with Gasteiger partial charge < -0.3 is 14.7 Å². The molecule has 148 valence electrons. The number of amides is 2. The Bertz CT molecular complexity index is 513. The van der Waals surface area contributed by atoms with Gasteiger partial charge in [-0.3, -0.25) is 9.59 Å². The standard InChI is InChI=1S/C18H31N3O5/c1-18(2,3)26-17(25)21-12-8-9-14(21)13-19-20-15(22)10-6-4-5-7-11-16(23)24/h13-14H,4-12H2,1-3H3,(H,20,22)(H,23,24)/b19-13+/t14-/m0/s1. The van der Waals surface area contributed by atoms with Crippen molar-refractivity contribution in [1.29, 1.82) is 0 Å². The summed E-state index contributed by atoms with van der Waals surface area (Å²) >= 11 is 0. The van der Waals surface area contributed by atoms with E-state index in [0.29, 0.717) is 25.8 Å². The molecule has 2 amide bonds. The van der Waals surface area contributed by atoms with Gasteiger partial charge in [0.2, 0.25) is 5.91 Å². The Labute approximate surface area is 155 Å². The zero-order valence-corrected chi connectivity index (χ0v) is 16.0. The fourth-order valence-electron chi connectivity index (χ4n) is 2.66. The van der Waals surface area contributed by atoms with E-state index in [0.717, 1.165) is 25.7 Å². The number of likely N-dealkylation sites (tertiary alicyclic amines) is 1. The number of nitrogens with zero attached hydrogens (tertiary/aromatic N) is 2. The Hall–Kier alpha value is -2.12. The zero-order chi connectivity index (χ0) is 19.6. The van der Waals surface area contributed by atoms with Gasteiger partial charge in [0.25, 0.3) is 0 Å². The summed E-state index contributed by atoms with van der Waals surface area (Å²) in [5.74, 6) is -0.967. The van der Waals surface area contributed by atoms with Gasteiger partial charge in [-0.2, -0.15) is 5.10 Å². The average Bonchev–Trinajstić information content (AvgIpc) is 2.97. The number of rotatable bonds is 9. The summed E-state index contributed by atoms with van der Waals surface area (Å²) < 4.78 is 5.38. The quantitative estimate of drug-likeness (QED) is 0.369. The molecule has 0 aromatic carbocycles. The van der Waals surface area contributed by atoms with Crippen LogP contribution in [-0.2, 0) is 14.3 Å². The highest BCUT2D eigenvalue weighted by Crippen LogP contribution is 2.19. The minimum Gasteiger partial charge on any atom is -0.481 e. The number of nitrogens with one attached hydrogen (secondary N) is 1. The number of hydrogen-bond acceptors (Lipinski definition) is 5. The van der Waals surface area contributed by atoms with E-state index in [-0.39, 0.29) is 24.5 Å². The molecular formula is C18H31N3O5. The first-order valence-corrected chi connectivity index (χ1v) is 9.22. The van der Waals surface area contributed by atoms with Crippen molar-refractivity contribution in [1.82, 2.24) is 10.3 Å². The van der Waals surface area contributed by atoms with Crippen molar-refractivity contribution in [2.24, 2.45) is 5.10 Å². The van der Waals surface area contributed by atoms with Gasteiger partial charge in [0, 0.05) is 25.6 Å². The Morgan fingerprint density at radius 2 is 1.85 bits per heavy atom. The number of carboxylic acids is 1. The van der Waals surface area contributed by atoms with E-state index in [1.807, 2.05) is 20.8 Å². The van der Waals surface area contributed by atoms with E-state index in [1.165, 1.54) is 0 Å². The van der Waals surface area contributed by atoms with Crippen LogP contribution in [0, 0.1) is 0 Å². The second-order valence-electron chi connectivity index (χ2n) is 7.50. The predicted molar refractivity (Wildman–Crippen MR) is 97.9 cm³/mol. The number of ether oxygens (including phenoxy) is 1. The number of carbonyl (C=O) groups excluding carboxylic acids is 2. The summed E-state index contributed by atoms with van der Waals surface area (Å²) in [4.78, 5) is 35.9. The molecule has 0 radical (unpaired) electrons. The minimum absolute atomic E-state index is 0.166. The Morgan fingerprint density at radius 3 is 2.46 bits per heavy atom. The van der Waals surface area contributed by atoms with Crippen LogP contribution in [0.1, 0.15) is 72.1 Å². The van der Waals surface area contributed by atoms with Crippen LogP contribution in [0.5, 0.6) is 0 Å². The molecule has 1 saturated heterocycles. The summed E-state index contributed by atoms with van der Waals surface area (Å²) in [7, 11) is 0. The van der Waals surface area contributed by atoms with E-state index in [2.05, 4.69) is 10.5 Å². The normalized spacial score (nSPS) is 17.5. The van der Waals surface area contributed by atoms with Crippen LogP contribution in [0.2, 0.25) is 0 Å². The van der Waals surface area contributed by atoms with Crippen molar-refractivity contribution in [2.45, 2.75) is 83.8 Å². The Kier molecular flexibility index (Phi) is 9.09. The maximum absolute atomic E-state index is 12.2. The van der Waals surface area contributed by atoms with Gasteiger partial charge in [0.15, 0.2) is 0 Å². The molecule has 26 heavy (non-hydrogen) atoms. The molecule has 1 fully saturated rings. The van der Waals surface area contributed by atoms with Gasteiger partial charge in [-0.1, -0.05) is 12.8 Å². The molecule has 8 nitrogen and oxygen atoms in total. The number of hydrazone groups is 1. The van der Waals surface area contributed by atoms with Crippen LogP contribution in [0.25, 0.3) is 0 Å². The van der Waals surface area contributed by atoms with Gasteiger partial charge in [0.05, 0.1) is 6.04 Å². The van der Waals surface area contributed by atoms with Crippen molar-refractivity contribution in [2.75, 3.05) is 6.54 Å². The van der Waals surface area contributed by atoms with Gasteiger partial charge in [-0.05, 0) is 46.5 Å². The van der Waals surface area contributed by atoms with E-state index < -0.39 is 11.6 Å². The van der Waals surface area contributed by atoms with Crippen molar-refractivity contribution < 1.29 is 24.2 Å². The molecular weight excluding hydrogens is 338 g/mol. The second kappa shape index (κ2) is 10.8. The fourth-order valence-corrected chi connectivity index (χ4v) is 2.66. The van der Waals surface area contributed by atoms with Crippen molar-refractivity contribution >= 4 is 24.2 Å². The number of unbranched alkanes of at least 4 members (excludes halogenated alkanes) is 3. The number of carboxylic acid groups (broad SMARTS) is 1. The second-order valence-corrected chi connectivity index (χ2v) is 7.50. The van der Waals surface area contributed by atoms with Crippen molar-refractivity contribution in [3.8, 4) is 0 Å². The molecule has 0 aromatic rings. The lowest BCUT2D eigenvalue weighted by Gasteiger charge is -2.26. The Morgan fingerprint density at radius 1 is 1.19 bits per heavy atom. The third-order valence-corrected chi connectivity index (χ3v) is 3.91. The average molecular weight is 369 g/mol. The molecule has 1 atom stereocenters. The third kappa shape index (κ3) is 9.39. The molecule has 1 aliphatic rings. The van der Waals surface area contributed by atoms with Crippen molar-refractivity contribution in [3.05, 3.63) is 0 Å². The summed E-state index contributed by atoms with van der Waals surface area (Å²) in [6.45, 7) is 6.10. The smallest absolute Gasteiger partial charge is 0.410 e. The molecule has 8 heteroatoms. The number of aliphatic carboxylic acids is 1. The molecule has 0 unspecified atom stereocenters. The topological polar surface area (TPSA) is 108 Å². The van der Waals surface area contributed by atoms with E-state index in [4.69, 9.17) is 9.84 Å². The van der Waals surface area contributed by atoms with Crippen LogP contribution in [0.15, 0.2) is 5.10 Å². The summed E-state index contributed by atoms with van der Waals surface area (Å²) in [6.07, 6.45) is 6.38. The lowest BCUT2D eigenvalue weighted by Crippen LogP contribution is -2.40. The Balaban J connectivity index is 2.26. The van der Waals surface area contributed by atoms with Gasteiger partial charge in [-0.25, -0.2) is 10.2 Å². The molecule has 0 saturated carbocycles. The van der Waals surface area contributed by atoms with Gasteiger partial charge >= 0.3 is 12.1 Å². The van der Waals surface area contributed by atoms with E-state index >= 15 is 0 Å². The number of carbonyl (C=O) groups is 3. The maximum atomic E-state index is 12.2. The van der Waals surface area contributed by atoms with Crippen LogP contribution < -0.4 is 5.43 Å². The summed E-state index contributed by atoms with van der Waals surface area (Å²) in [5.41, 5.74) is 1.94. The first-order chi connectivity index (χ1) is 12.2. The molecule has 1 heterocycles. The lowest BCUT2D eigenvalue weighted by molar-refractivity contribution is -0.137. The minimum atomic E-state index is -0.788. The SMILES string of the molecule is CC(C)(C)OC(=O)N1CCC[C@H]1/C=N/NC(=O)CCCCCCC(=O)O. The molecule has 1 rings (SSSR count). The molecule has 0 aromatic heterocycles. The summed E-state index contributed by atoms with van der Waals surface area (Å²) in [5, 5.41) is 12.5. The van der Waals surface area contributed by atoms with Crippen LogP contribution in [0.3, 0.4) is 0 Å². The van der Waals surface area contributed by atoms with E-state index in [9.17, 15) is 14.4 Å². The summed E-state index contributed by atoms with van der Waals surface area (Å²) in [6, 6.07) is -0.166. The van der Waals surface area contributed by atoms with Gasteiger partial charge in [0.1, 0.15) is 5.60 Å². The lowest BCUT2D eigenvalue weighted by atomic mass is 10.1. The largest absolute Gasteiger partial charge is 0.481 e. The van der Waals surface area contributed by atoms with Crippen LogP contribution in [0.4, 0.5) is 4.79 Å². The predicted octanol–water partition coefficient (Wildman–Crippen LogP) is 2.91. The molecule has 0 bridgehead atoms. The van der Waals surface area contributed by atoms with Crippen LogP contribution >= 0.6 is 0 Å². The van der Waals surface area contributed by atoms with Gasteiger partial charge in [-0.15, -0.1) is 0 Å². The highest BCUT2D eigenvalue weighted by Gasteiger charge is 2.31. The molecule has 2 N–H and O–H groups in total. The zero-order valence-electron chi connectivity index (χ0n) is 16.0. The highest BCUT2D eigenvalue weighted by molar-refractivity contribution is 5.79. The maximum Gasteiger partial charge on any atom is 0.410 e. The fraction of sp³-hybridized carbons (Fsp3) is 0.778. The monoisotopic (exact) mass is 369 g/mol.